The highest BCUT2D eigenvalue weighted by atomic mass is 32.1. The fourth-order valence-electron chi connectivity index (χ4n) is 3.40. The lowest BCUT2D eigenvalue weighted by Crippen LogP contribution is -2.27. The van der Waals surface area contributed by atoms with Crippen molar-refractivity contribution in [2.75, 3.05) is 18.4 Å². The number of amides is 1. The molecule has 1 aliphatic rings. The van der Waals surface area contributed by atoms with Crippen LogP contribution in [0.5, 0.6) is 0 Å². The third kappa shape index (κ3) is 4.28. The molecule has 1 fully saturated rings. The monoisotopic (exact) mass is 396 g/mol. The van der Waals surface area contributed by atoms with Crippen LogP contribution in [0.3, 0.4) is 0 Å². The normalized spacial score (nSPS) is 14.9. The molecular formula is C20H24N6OS. The number of nitrogens with zero attached hydrogens (tertiary/aromatic N) is 4. The summed E-state index contributed by atoms with van der Waals surface area (Å²) in [5.41, 5.74) is 3.04. The Morgan fingerprint density at radius 3 is 2.93 bits per heavy atom. The van der Waals surface area contributed by atoms with Gasteiger partial charge in [0.05, 0.1) is 12.1 Å². The lowest BCUT2D eigenvalue weighted by atomic mass is 9.98. The molecule has 0 bridgehead atoms. The van der Waals surface area contributed by atoms with Gasteiger partial charge in [0.15, 0.2) is 5.82 Å². The van der Waals surface area contributed by atoms with E-state index >= 15 is 0 Å². The Kier molecular flexibility index (Phi) is 5.50. The summed E-state index contributed by atoms with van der Waals surface area (Å²) < 4.78 is 1.65. The summed E-state index contributed by atoms with van der Waals surface area (Å²) in [6.45, 7) is 4.03. The molecule has 1 aliphatic heterocycles. The van der Waals surface area contributed by atoms with Gasteiger partial charge in [0, 0.05) is 23.9 Å². The van der Waals surface area contributed by atoms with Crippen molar-refractivity contribution < 1.29 is 4.79 Å². The Hall–Kier alpha value is -2.58. The molecule has 2 N–H and O–H groups in total. The van der Waals surface area contributed by atoms with Gasteiger partial charge < -0.3 is 5.32 Å². The molecule has 2 aromatic heterocycles. The number of hydrogen-bond acceptors (Lipinski definition) is 6. The molecular weight excluding hydrogens is 372 g/mol. The first-order chi connectivity index (χ1) is 13.6. The molecule has 0 radical (unpaired) electrons. The van der Waals surface area contributed by atoms with Crippen molar-refractivity contribution in [3.63, 3.8) is 0 Å². The molecule has 1 saturated heterocycles. The van der Waals surface area contributed by atoms with Gasteiger partial charge in [-0.2, -0.15) is 10.1 Å². The first-order valence-electron chi connectivity index (χ1n) is 9.51. The maximum Gasteiger partial charge on any atom is 0.232 e. The number of hydrogen-bond donors (Lipinski definition) is 2. The lowest BCUT2D eigenvalue weighted by molar-refractivity contribution is -0.115. The highest BCUT2D eigenvalue weighted by Crippen LogP contribution is 2.25. The van der Waals surface area contributed by atoms with E-state index in [1.165, 1.54) is 5.56 Å². The fraction of sp³-hybridized carbons (Fsp3) is 0.400. The zero-order valence-electron chi connectivity index (χ0n) is 16.1. The van der Waals surface area contributed by atoms with Crippen LogP contribution in [0.2, 0.25) is 0 Å². The highest BCUT2D eigenvalue weighted by molar-refractivity contribution is 7.13. The fourth-order valence-corrected chi connectivity index (χ4v) is 4.22. The number of carbonyl (C=O) groups excluding carboxylic acids is 1. The maximum atomic E-state index is 12.5. The van der Waals surface area contributed by atoms with E-state index in [1.807, 2.05) is 24.6 Å². The van der Waals surface area contributed by atoms with Gasteiger partial charge in [0.25, 0.3) is 0 Å². The third-order valence-corrected chi connectivity index (χ3v) is 5.83. The minimum atomic E-state index is -0.131. The number of aromatic nitrogens is 4. The van der Waals surface area contributed by atoms with Crippen LogP contribution in [0.15, 0.2) is 29.6 Å². The smallest absolute Gasteiger partial charge is 0.232 e. The number of thiazole rings is 1. The number of carbonyl (C=O) groups is 1. The number of anilines is 1. The number of benzene rings is 1. The third-order valence-electron chi connectivity index (χ3n) is 4.89. The molecule has 8 heteroatoms. The van der Waals surface area contributed by atoms with Crippen molar-refractivity contribution in [1.82, 2.24) is 25.1 Å². The highest BCUT2D eigenvalue weighted by Gasteiger charge is 2.21. The van der Waals surface area contributed by atoms with Gasteiger partial charge in [-0.05, 0) is 38.9 Å². The summed E-state index contributed by atoms with van der Waals surface area (Å²) in [4.78, 5) is 21.6. The quantitative estimate of drug-likeness (QED) is 0.693. The second-order valence-electron chi connectivity index (χ2n) is 7.18. The molecule has 3 aromatic rings. The molecule has 3 heterocycles. The molecule has 7 nitrogen and oxygen atoms in total. The second kappa shape index (κ2) is 8.20. The van der Waals surface area contributed by atoms with Gasteiger partial charge >= 0.3 is 0 Å². The van der Waals surface area contributed by atoms with Crippen LogP contribution in [-0.2, 0) is 18.3 Å². The predicted molar refractivity (Wildman–Crippen MR) is 110 cm³/mol. The van der Waals surface area contributed by atoms with Crippen LogP contribution >= 0.6 is 11.3 Å². The standard InChI is InChI=1S/C20H24N6OS/c1-13-4-3-5-15(10-13)19-22-16(12-28-19)11-17(27)23-20-24-18(25-26(20)2)14-6-8-21-9-7-14/h3-5,10,12,14,21H,6-9,11H2,1-2H3,(H,23,24,25,27). The maximum absolute atomic E-state index is 12.5. The minimum absolute atomic E-state index is 0.131. The van der Waals surface area contributed by atoms with Crippen molar-refractivity contribution in [2.45, 2.75) is 32.1 Å². The summed E-state index contributed by atoms with van der Waals surface area (Å²) in [5, 5.41) is 13.6. The van der Waals surface area contributed by atoms with Crippen molar-refractivity contribution in [3.05, 3.63) is 46.7 Å². The lowest BCUT2D eigenvalue weighted by Gasteiger charge is -2.19. The average Bonchev–Trinajstić information content (AvgIpc) is 3.30. The van der Waals surface area contributed by atoms with Crippen LogP contribution in [0.25, 0.3) is 10.6 Å². The summed E-state index contributed by atoms with van der Waals surface area (Å²) >= 11 is 1.56. The molecule has 0 spiro atoms. The van der Waals surface area contributed by atoms with E-state index in [0.29, 0.717) is 11.9 Å². The molecule has 28 heavy (non-hydrogen) atoms. The minimum Gasteiger partial charge on any atom is -0.317 e. The van der Waals surface area contributed by atoms with E-state index < -0.39 is 0 Å². The Bertz CT molecular complexity index is 973. The van der Waals surface area contributed by atoms with Gasteiger partial charge in [-0.1, -0.05) is 23.8 Å². The Morgan fingerprint density at radius 2 is 2.14 bits per heavy atom. The van der Waals surface area contributed by atoms with Gasteiger partial charge in [0.2, 0.25) is 11.9 Å². The van der Waals surface area contributed by atoms with Crippen molar-refractivity contribution in [3.8, 4) is 10.6 Å². The Morgan fingerprint density at radius 1 is 1.32 bits per heavy atom. The second-order valence-corrected chi connectivity index (χ2v) is 8.04. The Labute approximate surface area is 168 Å². The Balaban J connectivity index is 1.40. The van der Waals surface area contributed by atoms with Crippen molar-refractivity contribution >= 4 is 23.2 Å². The van der Waals surface area contributed by atoms with Crippen LogP contribution < -0.4 is 10.6 Å². The molecule has 0 unspecified atom stereocenters. The van der Waals surface area contributed by atoms with Crippen LogP contribution in [0, 0.1) is 6.92 Å². The van der Waals surface area contributed by atoms with Crippen molar-refractivity contribution in [2.24, 2.45) is 7.05 Å². The zero-order valence-corrected chi connectivity index (χ0v) is 16.9. The summed E-state index contributed by atoms with van der Waals surface area (Å²) in [6, 6.07) is 8.22. The van der Waals surface area contributed by atoms with Gasteiger partial charge in [-0.25, -0.2) is 9.67 Å². The SMILES string of the molecule is Cc1cccc(-c2nc(CC(=O)Nc3nc(C4CCNCC4)nn3C)cs2)c1. The van der Waals surface area contributed by atoms with E-state index in [2.05, 4.69) is 44.8 Å². The van der Waals surface area contributed by atoms with Crippen LogP contribution in [-0.4, -0.2) is 38.7 Å². The number of piperidine rings is 1. The van der Waals surface area contributed by atoms with Gasteiger partial charge in [0.1, 0.15) is 5.01 Å². The first kappa shape index (κ1) is 18.8. The zero-order chi connectivity index (χ0) is 19.5. The predicted octanol–water partition coefficient (Wildman–Crippen LogP) is 2.90. The molecule has 146 valence electrons. The molecule has 0 saturated carbocycles. The van der Waals surface area contributed by atoms with E-state index in [0.717, 1.165) is 48.0 Å². The number of rotatable bonds is 5. The first-order valence-corrected chi connectivity index (χ1v) is 10.4. The average molecular weight is 397 g/mol. The van der Waals surface area contributed by atoms with E-state index in [9.17, 15) is 4.79 Å². The number of nitrogens with one attached hydrogen (secondary N) is 2. The molecule has 0 aliphatic carbocycles. The molecule has 1 amide bonds. The van der Waals surface area contributed by atoms with Gasteiger partial charge in [-0.3, -0.25) is 10.1 Å². The molecule has 0 atom stereocenters. The molecule has 4 rings (SSSR count). The van der Waals surface area contributed by atoms with E-state index in [1.54, 1.807) is 16.0 Å². The van der Waals surface area contributed by atoms with Crippen LogP contribution in [0.4, 0.5) is 5.95 Å². The number of aryl methyl sites for hydroxylation is 2. The van der Waals surface area contributed by atoms with Crippen LogP contribution in [0.1, 0.15) is 35.8 Å². The van der Waals surface area contributed by atoms with Crippen molar-refractivity contribution in [1.29, 1.82) is 0 Å². The van der Waals surface area contributed by atoms with Gasteiger partial charge in [-0.15, -0.1) is 11.3 Å². The van der Waals surface area contributed by atoms with E-state index in [4.69, 9.17) is 0 Å². The molecule has 1 aromatic carbocycles. The summed E-state index contributed by atoms with van der Waals surface area (Å²) in [7, 11) is 1.81. The summed E-state index contributed by atoms with van der Waals surface area (Å²) in [6.07, 6.45) is 2.27. The topological polar surface area (TPSA) is 84.7 Å². The largest absolute Gasteiger partial charge is 0.317 e. The summed E-state index contributed by atoms with van der Waals surface area (Å²) in [5.74, 6) is 1.53. The van der Waals surface area contributed by atoms with E-state index in [-0.39, 0.29) is 12.3 Å².